The monoisotopic (exact) mass is 351 g/mol. The van der Waals surface area contributed by atoms with Gasteiger partial charge in [-0.05, 0) is 46.8 Å². The molecular weight excluding hydrogens is 330 g/mol. The second kappa shape index (κ2) is 7.03. The van der Waals surface area contributed by atoms with Gasteiger partial charge in [-0.1, -0.05) is 11.6 Å². The van der Waals surface area contributed by atoms with Crippen molar-refractivity contribution in [2.24, 2.45) is 0 Å². The Morgan fingerprint density at radius 1 is 0.962 bits per heavy atom. The Morgan fingerprint density at radius 2 is 1.58 bits per heavy atom. The third-order valence-electron chi connectivity index (χ3n) is 4.02. The van der Waals surface area contributed by atoms with E-state index in [0.29, 0.717) is 35.5 Å². The Hall–Kier alpha value is -3.09. The Morgan fingerprint density at radius 3 is 2.23 bits per heavy atom. The van der Waals surface area contributed by atoms with Crippen molar-refractivity contribution >= 4 is 28.8 Å². The fourth-order valence-corrected chi connectivity index (χ4v) is 2.82. The van der Waals surface area contributed by atoms with Gasteiger partial charge in [0.05, 0.1) is 29.2 Å². The largest absolute Gasteiger partial charge is 0.462 e. The molecule has 0 aliphatic heterocycles. The summed E-state index contributed by atoms with van der Waals surface area (Å²) in [7, 11) is 0. The molecule has 0 amide bonds. The molecule has 2 aromatic heterocycles. The van der Waals surface area contributed by atoms with Gasteiger partial charge in [-0.3, -0.25) is 5.32 Å². The minimum absolute atomic E-state index is 0.307. The second-order valence-corrected chi connectivity index (χ2v) is 6.09. The zero-order chi connectivity index (χ0) is 18.8. The molecule has 0 saturated carbocycles. The molecule has 0 radical (unpaired) electrons. The van der Waals surface area contributed by atoms with Gasteiger partial charge in [0.1, 0.15) is 5.56 Å². The number of rotatable bonds is 4. The highest BCUT2D eigenvalue weighted by Gasteiger charge is 2.17. The molecule has 0 aliphatic carbocycles. The molecule has 1 N–H and O–H groups in total. The molecule has 0 spiro atoms. The number of aryl methyl sites for hydroxylation is 4. The highest BCUT2D eigenvalue weighted by molar-refractivity contribution is 5.91. The predicted octanol–water partition coefficient (Wildman–Crippen LogP) is 3.57. The number of esters is 1. The average molecular weight is 351 g/mol. The summed E-state index contributed by atoms with van der Waals surface area (Å²) in [6, 6.07) is 6.04. The summed E-state index contributed by atoms with van der Waals surface area (Å²) in [5, 5.41) is 4.05. The number of nitrogens with one attached hydrogen (secondary N) is 1. The van der Waals surface area contributed by atoms with Crippen LogP contribution in [0.25, 0.3) is 10.9 Å². The summed E-state index contributed by atoms with van der Waals surface area (Å²) in [5.41, 5.74) is 4.37. The van der Waals surface area contributed by atoms with Crippen LogP contribution in [0.4, 0.5) is 11.9 Å². The van der Waals surface area contributed by atoms with Crippen molar-refractivity contribution in [3.8, 4) is 0 Å². The first kappa shape index (κ1) is 17.7. The summed E-state index contributed by atoms with van der Waals surface area (Å²) >= 11 is 0. The van der Waals surface area contributed by atoms with Gasteiger partial charge in [0.2, 0.25) is 11.9 Å². The van der Waals surface area contributed by atoms with Crippen molar-refractivity contribution in [2.75, 3.05) is 11.9 Å². The van der Waals surface area contributed by atoms with Gasteiger partial charge in [-0.25, -0.2) is 24.7 Å². The van der Waals surface area contributed by atoms with Crippen LogP contribution in [-0.2, 0) is 4.74 Å². The topological polar surface area (TPSA) is 89.9 Å². The number of anilines is 2. The van der Waals surface area contributed by atoms with Gasteiger partial charge in [0.25, 0.3) is 0 Å². The number of carbonyl (C=O) groups excluding carboxylic acids is 1. The summed E-state index contributed by atoms with van der Waals surface area (Å²) in [5.74, 6) is 0.350. The molecule has 1 aromatic carbocycles. The van der Waals surface area contributed by atoms with Crippen LogP contribution >= 0.6 is 0 Å². The van der Waals surface area contributed by atoms with E-state index in [1.165, 1.54) is 0 Å². The molecule has 2 heterocycles. The average Bonchev–Trinajstić information content (AvgIpc) is 2.55. The van der Waals surface area contributed by atoms with E-state index in [1.54, 1.807) is 20.8 Å². The van der Waals surface area contributed by atoms with E-state index in [4.69, 9.17) is 4.74 Å². The normalized spacial score (nSPS) is 10.8. The third kappa shape index (κ3) is 3.46. The van der Waals surface area contributed by atoms with Gasteiger partial charge in [0, 0.05) is 5.39 Å². The lowest BCUT2D eigenvalue weighted by molar-refractivity contribution is 0.0523. The molecule has 134 valence electrons. The maximum absolute atomic E-state index is 12.0. The summed E-state index contributed by atoms with van der Waals surface area (Å²) in [6.07, 6.45) is 0. The standard InChI is InChI=1S/C19H21N5O2/c1-6-26-17(25)16-12(4)21-18(22-13(16)5)24-19-20-11(3)14-9-10(2)7-8-15(14)23-19/h7-9H,6H2,1-5H3,(H,20,21,22,23,24). The minimum atomic E-state index is -0.415. The summed E-state index contributed by atoms with van der Waals surface area (Å²) in [4.78, 5) is 29.7. The number of ether oxygens (including phenoxy) is 1. The van der Waals surface area contributed by atoms with Crippen LogP contribution in [0.1, 0.15) is 39.9 Å². The van der Waals surface area contributed by atoms with Crippen LogP contribution in [0.15, 0.2) is 18.2 Å². The number of carbonyl (C=O) groups is 1. The first-order valence-electron chi connectivity index (χ1n) is 8.43. The van der Waals surface area contributed by atoms with E-state index >= 15 is 0 Å². The van der Waals surface area contributed by atoms with E-state index in [2.05, 4.69) is 31.3 Å². The summed E-state index contributed by atoms with van der Waals surface area (Å²) < 4.78 is 5.06. The van der Waals surface area contributed by atoms with E-state index in [1.807, 2.05) is 26.0 Å². The van der Waals surface area contributed by atoms with Crippen LogP contribution in [0.2, 0.25) is 0 Å². The Labute approximate surface area is 151 Å². The highest BCUT2D eigenvalue weighted by Crippen LogP contribution is 2.21. The van der Waals surface area contributed by atoms with Gasteiger partial charge in [-0.2, -0.15) is 0 Å². The van der Waals surface area contributed by atoms with Gasteiger partial charge in [0.15, 0.2) is 0 Å². The number of hydrogen-bond acceptors (Lipinski definition) is 7. The van der Waals surface area contributed by atoms with E-state index in [0.717, 1.165) is 22.2 Å². The zero-order valence-corrected chi connectivity index (χ0v) is 15.5. The van der Waals surface area contributed by atoms with Crippen molar-refractivity contribution in [3.63, 3.8) is 0 Å². The molecule has 0 bridgehead atoms. The fourth-order valence-electron chi connectivity index (χ4n) is 2.82. The maximum atomic E-state index is 12.0. The van der Waals surface area contributed by atoms with Crippen molar-refractivity contribution in [1.29, 1.82) is 0 Å². The first-order chi connectivity index (χ1) is 12.4. The molecule has 3 rings (SSSR count). The lowest BCUT2D eigenvalue weighted by Gasteiger charge is -2.11. The SMILES string of the molecule is CCOC(=O)c1c(C)nc(Nc2nc(C)c3cc(C)ccc3n2)nc1C. The van der Waals surface area contributed by atoms with Crippen LogP contribution in [-0.4, -0.2) is 32.5 Å². The van der Waals surface area contributed by atoms with Crippen LogP contribution in [0.3, 0.4) is 0 Å². The van der Waals surface area contributed by atoms with Crippen molar-refractivity contribution < 1.29 is 9.53 Å². The predicted molar refractivity (Wildman–Crippen MR) is 99.8 cm³/mol. The summed E-state index contributed by atoms with van der Waals surface area (Å²) in [6.45, 7) is 9.55. The van der Waals surface area contributed by atoms with Gasteiger partial charge < -0.3 is 4.74 Å². The Bertz CT molecular complexity index is 978. The smallest absolute Gasteiger partial charge is 0.341 e. The Balaban J connectivity index is 1.95. The van der Waals surface area contributed by atoms with Gasteiger partial charge >= 0.3 is 5.97 Å². The fraction of sp³-hybridized carbons (Fsp3) is 0.316. The first-order valence-corrected chi connectivity index (χ1v) is 8.43. The molecule has 0 fully saturated rings. The highest BCUT2D eigenvalue weighted by atomic mass is 16.5. The number of fused-ring (bicyclic) bond motifs is 1. The number of hydrogen-bond donors (Lipinski definition) is 1. The third-order valence-corrected chi connectivity index (χ3v) is 4.02. The number of nitrogens with zero attached hydrogens (tertiary/aromatic N) is 4. The molecule has 7 heteroatoms. The molecular formula is C19H21N5O2. The number of aromatic nitrogens is 4. The van der Waals surface area contributed by atoms with E-state index in [9.17, 15) is 4.79 Å². The van der Waals surface area contributed by atoms with Crippen molar-refractivity contribution in [2.45, 2.75) is 34.6 Å². The minimum Gasteiger partial charge on any atom is -0.462 e. The van der Waals surface area contributed by atoms with E-state index < -0.39 is 5.97 Å². The van der Waals surface area contributed by atoms with Gasteiger partial charge in [-0.15, -0.1) is 0 Å². The zero-order valence-electron chi connectivity index (χ0n) is 15.5. The molecule has 0 aliphatic rings. The van der Waals surface area contributed by atoms with Crippen LogP contribution in [0, 0.1) is 27.7 Å². The van der Waals surface area contributed by atoms with Crippen LogP contribution in [0.5, 0.6) is 0 Å². The Kier molecular flexibility index (Phi) is 4.79. The molecule has 0 unspecified atom stereocenters. The quantitative estimate of drug-likeness (QED) is 0.719. The van der Waals surface area contributed by atoms with Crippen molar-refractivity contribution in [1.82, 2.24) is 19.9 Å². The molecule has 3 aromatic rings. The molecule has 0 atom stereocenters. The lowest BCUT2D eigenvalue weighted by Crippen LogP contribution is -2.13. The second-order valence-electron chi connectivity index (χ2n) is 6.09. The van der Waals surface area contributed by atoms with Crippen LogP contribution < -0.4 is 5.32 Å². The van der Waals surface area contributed by atoms with E-state index in [-0.39, 0.29) is 0 Å². The molecule has 0 saturated heterocycles. The maximum Gasteiger partial charge on any atom is 0.341 e. The number of benzene rings is 1. The van der Waals surface area contributed by atoms with Crippen molar-refractivity contribution in [3.05, 3.63) is 46.4 Å². The molecule has 26 heavy (non-hydrogen) atoms. The molecule has 7 nitrogen and oxygen atoms in total. The lowest BCUT2D eigenvalue weighted by atomic mass is 10.1.